The molecule has 0 aliphatic heterocycles. The number of carbonyl (C=O) groups is 2. The Morgan fingerprint density at radius 3 is 2.26 bits per heavy atom. The fourth-order valence-electron chi connectivity index (χ4n) is 1.65. The molecule has 106 valence electrons. The Morgan fingerprint density at radius 2 is 1.89 bits per heavy atom. The third kappa shape index (κ3) is 3.44. The van der Waals surface area contributed by atoms with Gasteiger partial charge in [0.05, 0.1) is 5.69 Å². The summed E-state index contributed by atoms with van der Waals surface area (Å²) >= 11 is 1.36. The number of aliphatic carboxylic acids is 1. The van der Waals surface area contributed by atoms with Gasteiger partial charge < -0.3 is 10.4 Å². The molecular formula is C12H19N3O3S. The zero-order chi connectivity index (χ0) is 14.6. The van der Waals surface area contributed by atoms with Crippen molar-refractivity contribution in [1.29, 1.82) is 0 Å². The van der Waals surface area contributed by atoms with Crippen molar-refractivity contribution in [3.63, 3.8) is 0 Å². The van der Waals surface area contributed by atoms with Gasteiger partial charge >= 0.3 is 12.0 Å². The van der Waals surface area contributed by atoms with Gasteiger partial charge in [-0.05, 0) is 26.7 Å². The molecule has 0 saturated heterocycles. The van der Waals surface area contributed by atoms with Crippen molar-refractivity contribution in [2.24, 2.45) is 0 Å². The summed E-state index contributed by atoms with van der Waals surface area (Å²) in [5.74, 6) is -1.03. The number of rotatable bonds is 5. The van der Waals surface area contributed by atoms with Crippen LogP contribution in [0.25, 0.3) is 0 Å². The zero-order valence-electron chi connectivity index (χ0n) is 11.5. The summed E-state index contributed by atoms with van der Waals surface area (Å²) in [5, 5.41) is 14.8. The van der Waals surface area contributed by atoms with Gasteiger partial charge in [0, 0.05) is 4.88 Å². The Balaban J connectivity index is 2.76. The van der Waals surface area contributed by atoms with Crippen molar-refractivity contribution in [3.8, 4) is 0 Å². The molecule has 0 aliphatic rings. The molecule has 1 heterocycles. The smallest absolute Gasteiger partial charge is 0.329 e. The van der Waals surface area contributed by atoms with E-state index in [0.29, 0.717) is 18.0 Å². The molecule has 19 heavy (non-hydrogen) atoms. The van der Waals surface area contributed by atoms with E-state index in [1.807, 2.05) is 13.8 Å². The first-order valence-corrected chi connectivity index (χ1v) is 6.93. The van der Waals surface area contributed by atoms with Crippen LogP contribution in [0.15, 0.2) is 0 Å². The lowest BCUT2D eigenvalue weighted by atomic mass is 9.93. The predicted molar refractivity (Wildman–Crippen MR) is 74.7 cm³/mol. The molecule has 3 N–H and O–H groups in total. The van der Waals surface area contributed by atoms with Gasteiger partial charge in [0.2, 0.25) is 0 Å². The van der Waals surface area contributed by atoms with Crippen LogP contribution in [0, 0.1) is 13.8 Å². The molecule has 0 bridgehead atoms. The van der Waals surface area contributed by atoms with Gasteiger partial charge in [0.25, 0.3) is 0 Å². The molecule has 1 aromatic heterocycles. The van der Waals surface area contributed by atoms with Crippen molar-refractivity contribution in [2.75, 3.05) is 5.32 Å². The SMILES string of the molecule is CCC(CC)(NC(=O)Nc1nc(C)c(C)s1)C(=O)O. The van der Waals surface area contributed by atoms with E-state index in [1.54, 1.807) is 13.8 Å². The molecule has 7 heteroatoms. The van der Waals surface area contributed by atoms with Crippen molar-refractivity contribution < 1.29 is 14.7 Å². The lowest BCUT2D eigenvalue weighted by molar-refractivity contribution is -0.144. The molecule has 1 aromatic rings. The minimum absolute atomic E-state index is 0.322. The molecule has 2 amide bonds. The number of hydrogen-bond acceptors (Lipinski definition) is 4. The standard InChI is InChI=1S/C12H19N3O3S/c1-5-12(6-2,9(16)17)15-10(18)14-11-13-7(3)8(4)19-11/h5-6H2,1-4H3,(H,16,17)(H2,13,14,15,18). The van der Waals surface area contributed by atoms with Crippen LogP contribution in [0.1, 0.15) is 37.3 Å². The second-order valence-corrected chi connectivity index (χ2v) is 5.54. The van der Waals surface area contributed by atoms with Crippen LogP contribution in [0.3, 0.4) is 0 Å². The first-order chi connectivity index (χ1) is 8.84. The summed E-state index contributed by atoms with van der Waals surface area (Å²) in [6.45, 7) is 7.23. The van der Waals surface area contributed by atoms with Gasteiger partial charge in [-0.1, -0.05) is 13.8 Å². The van der Waals surface area contributed by atoms with Crippen molar-refractivity contribution in [2.45, 2.75) is 46.1 Å². The highest BCUT2D eigenvalue weighted by Gasteiger charge is 2.36. The molecule has 0 saturated carbocycles. The topological polar surface area (TPSA) is 91.3 Å². The number of thiazole rings is 1. The third-order valence-corrected chi connectivity index (χ3v) is 4.21. The maximum atomic E-state index is 11.9. The largest absolute Gasteiger partial charge is 0.480 e. The molecule has 0 fully saturated rings. The number of urea groups is 1. The van der Waals surface area contributed by atoms with Gasteiger partial charge in [-0.3, -0.25) is 5.32 Å². The molecule has 1 rings (SSSR count). The van der Waals surface area contributed by atoms with Crippen molar-refractivity contribution in [1.82, 2.24) is 10.3 Å². The number of amides is 2. The first kappa shape index (κ1) is 15.4. The van der Waals surface area contributed by atoms with E-state index in [1.165, 1.54) is 11.3 Å². The first-order valence-electron chi connectivity index (χ1n) is 6.11. The third-order valence-electron chi connectivity index (χ3n) is 3.22. The van der Waals surface area contributed by atoms with E-state index in [9.17, 15) is 14.7 Å². The van der Waals surface area contributed by atoms with E-state index in [-0.39, 0.29) is 0 Å². The molecule has 0 unspecified atom stereocenters. The average molecular weight is 285 g/mol. The minimum atomic E-state index is -1.23. The van der Waals surface area contributed by atoms with Crippen molar-refractivity contribution in [3.05, 3.63) is 10.6 Å². The van der Waals surface area contributed by atoms with E-state index in [0.717, 1.165) is 10.6 Å². The predicted octanol–water partition coefficient (Wildman–Crippen LogP) is 2.52. The normalized spacial score (nSPS) is 11.2. The minimum Gasteiger partial charge on any atom is -0.480 e. The Kier molecular flexibility index (Phi) is 4.88. The fraction of sp³-hybridized carbons (Fsp3) is 0.583. The summed E-state index contributed by atoms with van der Waals surface area (Å²) in [7, 11) is 0. The number of carboxylic acid groups (broad SMARTS) is 1. The fourth-order valence-corrected chi connectivity index (χ4v) is 2.46. The Labute approximate surface area is 116 Å². The summed E-state index contributed by atoms with van der Waals surface area (Å²) in [6.07, 6.45) is 0.643. The summed E-state index contributed by atoms with van der Waals surface area (Å²) < 4.78 is 0. The number of anilines is 1. The van der Waals surface area contributed by atoms with E-state index >= 15 is 0 Å². The highest BCUT2D eigenvalue weighted by atomic mass is 32.1. The quantitative estimate of drug-likeness (QED) is 0.775. The summed E-state index contributed by atoms with van der Waals surface area (Å²) in [6, 6.07) is -0.542. The van der Waals surface area contributed by atoms with Crippen LogP contribution in [-0.2, 0) is 4.79 Å². The number of aryl methyl sites for hydroxylation is 2. The van der Waals surface area contributed by atoms with Gasteiger partial charge in [-0.2, -0.15) is 0 Å². The number of nitrogens with one attached hydrogen (secondary N) is 2. The zero-order valence-corrected chi connectivity index (χ0v) is 12.3. The maximum absolute atomic E-state index is 11.9. The Bertz CT molecular complexity index is 461. The van der Waals surface area contributed by atoms with Crippen LogP contribution in [-0.4, -0.2) is 27.6 Å². The Hall–Kier alpha value is -1.63. The van der Waals surface area contributed by atoms with E-state index in [2.05, 4.69) is 15.6 Å². The second-order valence-electron chi connectivity index (χ2n) is 4.33. The monoisotopic (exact) mass is 285 g/mol. The molecule has 0 radical (unpaired) electrons. The lowest BCUT2D eigenvalue weighted by Crippen LogP contribution is -2.54. The number of aromatic nitrogens is 1. The second kappa shape index (κ2) is 6.01. The van der Waals surface area contributed by atoms with E-state index < -0.39 is 17.5 Å². The average Bonchev–Trinajstić information content (AvgIpc) is 2.64. The highest BCUT2D eigenvalue weighted by Crippen LogP contribution is 2.21. The molecule has 0 aliphatic carbocycles. The highest BCUT2D eigenvalue weighted by molar-refractivity contribution is 7.15. The van der Waals surface area contributed by atoms with E-state index in [4.69, 9.17) is 0 Å². The van der Waals surface area contributed by atoms with Gasteiger partial charge in [-0.15, -0.1) is 11.3 Å². The van der Waals surface area contributed by atoms with Crippen LogP contribution in [0.2, 0.25) is 0 Å². The molecular weight excluding hydrogens is 266 g/mol. The summed E-state index contributed by atoms with van der Waals surface area (Å²) in [5.41, 5.74) is -0.374. The number of carbonyl (C=O) groups excluding carboxylic acids is 1. The van der Waals surface area contributed by atoms with Crippen LogP contribution < -0.4 is 10.6 Å². The van der Waals surface area contributed by atoms with Gasteiger partial charge in [0.1, 0.15) is 5.54 Å². The lowest BCUT2D eigenvalue weighted by Gasteiger charge is -2.27. The molecule has 0 spiro atoms. The molecule has 6 nitrogen and oxygen atoms in total. The number of carboxylic acids is 1. The van der Waals surface area contributed by atoms with Gasteiger partial charge in [0.15, 0.2) is 5.13 Å². The molecule has 0 atom stereocenters. The summed E-state index contributed by atoms with van der Waals surface area (Å²) in [4.78, 5) is 28.3. The maximum Gasteiger partial charge on any atom is 0.329 e. The Morgan fingerprint density at radius 1 is 1.32 bits per heavy atom. The molecule has 0 aromatic carbocycles. The van der Waals surface area contributed by atoms with Crippen LogP contribution >= 0.6 is 11.3 Å². The number of nitrogens with zero attached hydrogens (tertiary/aromatic N) is 1. The van der Waals surface area contributed by atoms with Crippen LogP contribution in [0.5, 0.6) is 0 Å². The van der Waals surface area contributed by atoms with Crippen LogP contribution in [0.4, 0.5) is 9.93 Å². The van der Waals surface area contributed by atoms with Gasteiger partial charge in [-0.25, -0.2) is 14.6 Å². The van der Waals surface area contributed by atoms with Crippen molar-refractivity contribution >= 4 is 28.5 Å². The number of hydrogen-bond donors (Lipinski definition) is 3.